The molecule has 0 aliphatic heterocycles. The maximum absolute atomic E-state index is 9.41. The highest BCUT2D eigenvalue weighted by molar-refractivity contribution is 5.52. The Kier molecular flexibility index (Phi) is 3.57. The van der Waals surface area contributed by atoms with Gasteiger partial charge in [-0.25, -0.2) is 0 Å². The number of methoxy groups -OCH3 is 2. The Labute approximate surface area is 88.9 Å². The number of aromatic hydroxyl groups is 1. The molecule has 15 heavy (non-hydrogen) atoms. The van der Waals surface area contributed by atoms with Crippen LogP contribution in [-0.2, 0) is 0 Å². The lowest BCUT2D eigenvalue weighted by atomic mass is 10.0. The molecule has 0 fully saturated rings. The highest BCUT2D eigenvalue weighted by Crippen LogP contribution is 2.37. The van der Waals surface area contributed by atoms with Gasteiger partial charge < -0.3 is 20.3 Å². The molecule has 4 nitrogen and oxygen atoms in total. The summed E-state index contributed by atoms with van der Waals surface area (Å²) in [6.07, 6.45) is 1.58. The fourth-order valence-electron chi connectivity index (χ4n) is 1.37. The lowest BCUT2D eigenvalue weighted by Gasteiger charge is -2.16. The van der Waals surface area contributed by atoms with Crippen LogP contribution >= 0.6 is 0 Å². The van der Waals surface area contributed by atoms with Crippen molar-refractivity contribution in [2.75, 3.05) is 14.2 Å². The molecule has 4 heteroatoms. The van der Waals surface area contributed by atoms with Gasteiger partial charge in [-0.3, -0.25) is 0 Å². The van der Waals surface area contributed by atoms with Crippen LogP contribution in [0.5, 0.6) is 17.2 Å². The highest BCUT2D eigenvalue weighted by atomic mass is 16.5. The summed E-state index contributed by atoms with van der Waals surface area (Å²) < 4.78 is 10.2. The molecule has 82 valence electrons. The molecule has 0 aliphatic carbocycles. The van der Waals surface area contributed by atoms with E-state index in [-0.39, 0.29) is 5.75 Å². The molecule has 1 aromatic rings. The van der Waals surface area contributed by atoms with Gasteiger partial charge in [-0.05, 0) is 0 Å². The number of phenolic OH excluding ortho intramolecular Hbond substituents is 1. The molecule has 0 unspecified atom stereocenters. The molecule has 1 aromatic carbocycles. The summed E-state index contributed by atoms with van der Waals surface area (Å²) in [5.41, 5.74) is 6.51. The minimum Gasteiger partial charge on any atom is -0.508 e. The summed E-state index contributed by atoms with van der Waals surface area (Å²) in [5.74, 6) is 1.04. The van der Waals surface area contributed by atoms with E-state index in [4.69, 9.17) is 15.2 Å². The van der Waals surface area contributed by atoms with Crippen molar-refractivity contribution in [1.82, 2.24) is 0 Å². The third-order valence-corrected chi connectivity index (χ3v) is 2.12. The van der Waals surface area contributed by atoms with Crippen LogP contribution in [-0.4, -0.2) is 19.3 Å². The summed E-state index contributed by atoms with van der Waals surface area (Å²) >= 11 is 0. The number of benzene rings is 1. The van der Waals surface area contributed by atoms with Crippen molar-refractivity contribution < 1.29 is 14.6 Å². The first-order valence-electron chi connectivity index (χ1n) is 4.47. The molecule has 0 saturated carbocycles. The van der Waals surface area contributed by atoms with E-state index < -0.39 is 6.04 Å². The zero-order valence-electron chi connectivity index (χ0n) is 8.86. The predicted octanol–water partition coefficient (Wildman–Crippen LogP) is 1.60. The standard InChI is InChI=1S/C11H15NO3/c1-4-8(12)11-9(14-2)5-7(13)6-10(11)15-3/h4-6,8,13H,1,12H2,2-3H3/t8-/m0/s1. The minimum absolute atomic E-state index is 0.0729. The maximum Gasteiger partial charge on any atom is 0.131 e. The van der Waals surface area contributed by atoms with Crippen molar-refractivity contribution in [2.45, 2.75) is 6.04 Å². The van der Waals surface area contributed by atoms with Gasteiger partial charge in [0.05, 0.1) is 25.8 Å². The zero-order valence-corrected chi connectivity index (χ0v) is 8.86. The number of nitrogens with two attached hydrogens (primary N) is 1. The number of ether oxygens (including phenoxy) is 2. The Morgan fingerprint density at radius 1 is 1.33 bits per heavy atom. The van der Waals surface area contributed by atoms with Gasteiger partial charge >= 0.3 is 0 Å². The van der Waals surface area contributed by atoms with E-state index in [1.54, 1.807) is 6.08 Å². The molecule has 0 heterocycles. The topological polar surface area (TPSA) is 64.7 Å². The lowest BCUT2D eigenvalue weighted by Crippen LogP contribution is -2.10. The fourth-order valence-corrected chi connectivity index (χ4v) is 1.37. The zero-order chi connectivity index (χ0) is 11.4. The number of hydrogen-bond acceptors (Lipinski definition) is 4. The summed E-state index contributed by atoms with van der Waals surface area (Å²) in [4.78, 5) is 0. The van der Waals surface area contributed by atoms with Crippen LogP contribution in [0.2, 0.25) is 0 Å². The van der Waals surface area contributed by atoms with Gasteiger partial charge in [-0.1, -0.05) is 6.08 Å². The average Bonchev–Trinajstić information content (AvgIpc) is 2.26. The van der Waals surface area contributed by atoms with Crippen molar-refractivity contribution in [3.63, 3.8) is 0 Å². The van der Waals surface area contributed by atoms with Gasteiger partial charge in [-0.2, -0.15) is 0 Å². The fraction of sp³-hybridized carbons (Fsp3) is 0.273. The molecule has 0 spiro atoms. The molecule has 0 bridgehead atoms. The van der Waals surface area contributed by atoms with Crippen molar-refractivity contribution >= 4 is 0 Å². The van der Waals surface area contributed by atoms with E-state index in [1.165, 1.54) is 26.4 Å². The Bertz CT molecular complexity index is 338. The van der Waals surface area contributed by atoms with E-state index in [2.05, 4.69) is 6.58 Å². The average molecular weight is 209 g/mol. The number of phenols is 1. The molecule has 0 aliphatic rings. The largest absolute Gasteiger partial charge is 0.508 e. The van der Waals surface area contributed by atoms with E-state index >= 15 is 0 Å². The third-order valence-electron chi connectivity index (χ3n) is 2.12. The van der Waals surface area contributed by atoms with Crippen LogP contribution in [0.4, 0.5) is 0 Å². The van der Waals surface area contributed by atoms with Crippen LogP contribution in [0.25, 0.3) is 0 Å². The third kappa shape index (κ3) is 2.22. The maximum atomic E-state index is 9.41. The SMILES string of the molecule is C=C[C@H](N)c1c(OC)cc(O)cc1OC. The molecular formula is C11H15NO3. The predicted molar refractivity (Wildman–Crippen MR) is 58.3 cm³/mol. The molecule has 0 aromatic heterocycles. The molecule has 0 amide bonds. The van der Waals surface area contributed by atoms with Gasteiger partial charge in [-0.15, -0.1) is 6.58 Å². The summed E-state index contributed by atoms with van der Waals surface area (Å²) in [6.45, 7) is 3.61. The highest BCUT2D eigenvalue weighted by Gasteiger charge is 2.16. The molecule has 1 rings (SSSR count). The second-order valence-electron chi connectivity index (χ2n) is 3.03. The van der Waals surface area contributed by atoms with Gasteiger partial charge in [0, 0.05) is 12.1 Å². The van der Waals surface area contributed by atoms with Crippen LogP contribution in [0.3, 0.4) is 0 Å². The molecule has 0 saturated heterocycles. The summed E-state index contributed by atoms with van der Waals surface area (Å²) in [5, 5.41) is 9.41. The van der Waals surface area contributed by atoms with Crippen LogP contribution in [0.15, 0.2) is 24.8 Å². The number of hydrogen-bond donors (Lipinski definition) is 2. The van der Waals surface area contributed by atoms with Gasteiger partial charge in [0.15, 0.2) is 0 Å². The first-order valence-corrected chi connectivity index (χ1v) is 4.47. The summed E-state index contributed by atoms with van der Waals surface area (Å²) in [6, 6.07) is 2.58. The Morgan fingerprint density at radius 3 is 2.13 bits per heavy atom. The second-order valence-corrected chi connectivity index (χ2v) is 3.03. The van der Waals surface area contributed by atoms with Gasteiger partial charge in [0.1, 0.15) is 17.2 Å². The Hall–Kier alpha value is -1.68. The molecule has 1 atom stereocenters. The van der Waals surface area contributed by atoms with Crippen molar-refractivity contribution in [2.24, 2.45) is 5.73 Å². The second kappa shape index (κ2) is 4.70. The Morgan fingerprint density at radius 2 is 1.80 bits per heavy atom. The van der Waals surface area contributed by atoms with Gasteiger partial charge in [0.2, 0.25) is 0 Å². The van der Waals surface area contributed by atoms with E-state index in [0.717, 1.165) is 0 Å². The van der Waals surface area contributed by atoms with Crippen molar-refractivity contribution in [3.8, 4) is 17.2 Å². The van der Waals surface area contributed by atoms with Crippen LogP contribution in [0.1, 0.15) is 11.6 Å². The first kappa shape index (κ1) is 11.4. The molecule has 0 radical (unpaired) electrons. The smallest absolute Gasteiger partial charge is 0.131 e. The van der Waals surface area contributed by atoms with E-state index in [1.807, 2.05) is 0 Å². The normalized spacial score (nSPS) is 11.9. The minimum atomic E-state index is -0.393. The van der Waals surface area contributed by atoms with Crippen LogP contribution in [0, 0.1) is 0 Å². The summed E-state index contributed by atoms with van der Waals surface area (Å²) in [7, 11) is 3.01. The Balaban J connectivity index is 3.36. The van der Waals surface area contributed by atoms with Crippen LogP contribution < -0.4 is 15.2 Å². The molecule has 3 N–H and O–H groups in total. The molecular weight excluding hydrogens is 194 g/mol. The first-order chi connectivity index (χ1) is 7.13. The van der Waals surface area contributed by atoms with Gasteiger partial charge in [0.25, 0.3) is 0 Å². The lowest BCUT2D eigenvalue weighted by molar-refractivity contribution is 0.374. The monoisotopic (exact) mass is 209 g/mol. The quantitative estimate of drug-likeness (QED) is 0.739. The van der Waals surface area contributed by atoms with Crippen molar-refractivity contribution in [1.29, 1.82) is 0 Å². The van der Waals surface area contributed by atoms with Crippen molar-refractivity contribution in [3.05, 3.63) is 30.4 Å². The van der Waals surface area contributed by atoms with E-state index in [9.17, 15) is 5.11 Å². The van der Waals surface area contributed by atoms with E-state index in [0.29, 0.717) is 17.1 Å². The number of rotatable bonds is 4.